The molecule has 0 atom stereocenters. The fourth-order valence-electron chi connectivity index (χ4n) is 2.74. The Bertz CT molecular complexity index is 1180. The molecule has 0 radical (unpaired) electrons. The number of carboxylic acids is 1. The van der Waals surface area contributed by atoms with Gasteiger partial charge in [0.05, 0.1) is 35.5 Å². The largest absolute Gasteiger partial charge is 0.481 e. The number of non-ortho nitro benzene ring substituents is 1. The molecule has 0 bridgehead atoms. The average molecular weight is 364 g/mol. The van der Waals surface area contributed by atoms with Gasteiger partial charge in [0.1, 0.15) is 0 Å². The van der Waals surface area contributed by atoms with Gasteiger partial charge in [-0.1, -0.05) is 0 Å². The summed E-state index contributed by atoms with van der Waals surface area (Å²) in [5.74, 6) is -0.0631. The molecule has 4 aromatic rings. The maximum Gasteiger partial charge on any atom is 0.307 e. The quantitative estimate of drug-likeness (QED) is 0.424. The number of aliphatic carboxylic acids is 1. The Hall–Kier alpha value is -4.08. The van der Waals surface area contributed by atoms with Gasteiger partial charge in [-0.3, -0.25) is 19.9 Å². The highest BCUT2D eigenvalue weighted by Gasteiger charge is 2.13. The predicted molar refractivity (Wildman–Crippen MR) is 94.0 cm³/mol. The molecule has 1 N–H and O–H groups in total. The number of nitro groups is 1. The highest BCUT2D eigenvalue weighted by atomic mass is 16.6. The van der Waals surface area contributed by atoms with Gasteiger partial charge in [-0.2, -0.15) is 5.10 Å². The Morgan fingerprint density at radius 2 is 2.00 bits per heavy atom. The molecule has 0 saturated carbocycles. The molecule has 0 amide bonds. The van der Waals surface area contributed by atoms with Crippen LogP contribution < -0.4 is 0 Å². The maximum absolute atomic E-state index is 11.0. The summed E-state index contributed by atoms with van der Waals surface area (Å²) < 4.78 is 3.13. The average Bonchev–Trinajstić information content (AvgIpc) is 3.27. The van der Waals surface area contributed by atoms with Gasteiger partial charge < -0.3 is 9.67 Å². The van der Waals surface area contributed by atoms with E-state index in [1.165, 1.54) is 29.2 Å². The summed E-state index contributed by atoms with van der Waals surface area (Å²) in [5, 5.41) is 24.9. The zero-order chi connectivity index (χ0) is 19.0. The number of benzene rings is 1. The number of hydrogen-bond acceptors (Lipinski definition) is 6. The summed E-state index contributed by atoms with van der Waals surface area (Å²) in [6.45, 7) is 0. The third kappa shape index (κ3) is 3.11. The molecule has 0 fully saturated rings. The van der Waals surface area contributed by atoms with Crippen LogP contribution in [0.3, 0.4) is 0 Å². The zero-order valence-corrected chi connectivity index (χ0v) is 13.8. The molecule has 0 aliphatic heterocycles. The van der Waals surface area contributed by atoms with E-state index in [9.17, 15) is 14.9 Å². The third-order valence-corrected chi connectivity index (χ3v) is 3.97. The molecule has 0 aliphatic carbocycles. The Balaban J connectivity index is 1.75. The Kier molecular flexibility index (Phi) is 3.84. The Morgan fingerprint density at radius 1 is 1.19 bits per heavy atom. The zero-order valence-electron chi connectivity index (χ0n) is 13.8. The number of rotatable bonds is 5. The van der Waals surface area contributed by atoms with Gasteiger partial charge >= 0.3 is 5.97 Å². The first-order chi connectivity index (χ1) is 13.0. The normalized spacial score (nSPS) is 11.0. The molecule has 0 aliphatic rings. The number of nitrogens with zero attached hydrogens (tertiary/aromatic N) is 6. The molecule has 1 aromatic carbocycles. The first kappa shape index (κ1) is 16.4. The van der Waals surface area contributed by atoms with Crippen molar-refractivity contribution in [3.63, 3.8) is 0 Å². The highest BCUT2D eigenvalue weighted by molar-refractivity contribution is 5.82. The van der Waals surface area contributed by atoms with Crippen LogP contribution in [0.25, 0.3) is 22.5 Å². The van der Waals surface area contributed by atoms with Crippen LogP contribution in [-0.4, -0.2) is 40.3 Å². The maximum atomic E-state index is 11.0. The molecule has 10 heteroatoms. The van der Waals surface area contributed by atoms with Crippen molar-refractivity contribution < 1.29 is 14.8 Å². The van der Waals surface area contributed by atoms with Gasteiger partial charge in [0.2, 0.25) is 0 Å². The van der Waals surface area contributed by atoms with Crippen molar-refractivity contribution in [2.75, 3.05) is 0 Å². The summed E-state index contributed by atoms with van der Waals surface area (Å²) in [6.07, 6.45) is 7.88. The van der Waals surface area contributed by atoms with Crippen molar-refractivity contribution in [3.05, 3.63) is 70.9 Å². The molecule has 134 valence electrons. The lowest BCUT2D eigenvalue weighted by atomic mass is 10.2. The van der Waals surface area contributed by atoms with Crippen LogP contribution in [0.15, 0.2) is 55.2 Å². The van der Waals surface area contributed by atoms with Crippen LogP contribution in [0, 0.1) is 10.1 Å². The van der Waals surface area contributed by atoms with Crippen LogP contribution in [-0.2, 0) is 11.2 Å². The minimum Gasteiger partial charge on any atom is -0.481 e. The van der Waals surface area contributed by atoms with Crippen molar-refractivity contribution in [1.29, 1.82) is 0 Å². The molecule has 27 heavy (non-hydrogen) atoms. The van der Waals surface area contributed by atoms with E-state index in [1.54, 1.807) is 35.3 Å². The van der Waals surface area contributed by atoms with E-state index in [2.05, 4.69) is 15.1 Å². The molecule has 3 aromatic heterocycles. The summed E-state index contributed by atoms with van der Waals surface area (Å²) in [7, 11) is 0. The van der Waals surface area contributed by atoms with Crippen molar-refractivity contribution >= 4 is 22.6 Å². The number of fused-ring (bicyclic) bond motifs is 1. The summed E-state index contributed by atoms with van der Waals surface area (Å²) in [5.41, 5.74) is 1.13. The topological polar surface area (TPSA) is 129 Å². The number of hydrogen-bond donors (Lipinski definition) is 1. The van der Waals surface area contributed by atoms with Crippen molar-refractivity contribution in [2.24, 2.45) is 0 Å². The van der Waals surface area contributed by atoms with Crippen LogP contribution in [0.4, 0.5) is 5.69 Å². The number of carbonyl (C=O) groups is 1. The van der Waals surface area contributed by atoms with Crippen LogP contribution in [0.5, 0.6) is 0 Å². The van der Waals surface area contributed by atoms with E-state index < -0.39 is 10.9 Å². The second kappa shape index (κ2) is 6.33. The van der Waals surface area contributed by atoms with Gasteiger partial charge in [0.25, 0.3) is 5.69 Å². The Labute approximate surface area is 151 Å². The fourth-order valence-corrected chi connectivity index (χ4v) is 2.74. The van der Waals surface area contributed by atoms with Crippen LogP contribution in [0.2, 0.25) is 0 Å². The number of nitro benzene ring substituents is 1. The number of carboxylic acid groups (broad SMARTS) is 1. The second-order valence-electron chi connectivity index (χ2n) is 5.79. The molecule has 0 saturated heterocycles. The van der Waals surface area contributed by atoms with E-state index >= 15 is 0 Å². The van der Waals surface area contributed by atoms with E-state index in [1.807, 2.05) is 0 Å². The van der Waals surface area contributed by atoms with Gasteiger partial charge in [-0.25, -0.2) is 9.67 Å². The summed E-state index contributed by atoms with van der Waals surface area (Å²) in [6, 6.07) is 6.16. The monoisotopic (exact) mass is 364 g/mol. The summed E-state index contributed by atoms with van der Waals surface area (Å²) >= 11 is 0. The van der Waals surface area contributed by atoms with Crippen molar-refractivity contribution in [3.8, 4) is 11.6 Å². The first-order valence-corrected chi connectivity index (χ1v) is 7.85. The lowest BCUT2D eigenvalue weighted by molar-refractivity contribution is -0.384. The first-order valence-electron chi connectivity index (χ1n) is 7.85. The highest BCUT2D eigenvalue weighted by Crippen LogP contribution is 2.22. The molecule has 10 nitrogen and oxygen atoms in total. The second-order valence-corrected chi connectivity index (χ2v) is 5.79. The smallest absolute Gasteiger partial charge is 0.307 e. The lowest BCUT2D eigenvalue weighted by Crippen LogP contribution is -2.04. The third-order valence-electron chi connectivity index (χ3n) is 3.97. The van der Waals surface area contributed by atoms with Crippen LogP contribution in [0.1, 0.15) is 5.56 Å². The molecular formula is C17H12N6O4. The standard InChI is InChI=1S/C17H12N6O4/c24-17(25)5-11-3-4-21(10-11)15-8-18-9-16(20-15)22-14-6-13(23(26)27)2-1-12(14)7-19-22/h1-4,6-10H,5H2,(H,24,25). The van der Waals surface area contributed by atoms with E-state index in [-0.39, 0.29) is 12.1 Å². The minimum absolute atomic E-state index is 0.0444. The SMILES string of the molecule is O=C(O)Cc1ccn(-c2cncc(-n3ncc4ccc([N+](=O)[O-])cc43)n2)c1. The molecule has 3 heterocycles. The minimum atomic E-state index is -0.919. The van der Waals surface area contributed by atoms with E-state index in [0.29, 0.717) is 22.7 Å². The molecule has 0 unspecified atom stereocenters. The molecular weight excluding hydrogens is 352 g/mol. The predicted octanol–water partition coefficient (Wildman–Crippen LogP) is 2.14. The van der Waals surface area contributed by atoms with Crippen LogP contribution >= 0.6 is 0 Å². The lowest BCUT2D eigenvalue weighted by Gasteiger charge is -2.06. The molecule has 4 rings (SSSR count). The van der Waals surface area contributed by atoms with Gasteiger partial charge in [0, 0.05) is 29.9 Å². The van der Waals surface area contributed by atoms with Gasteiger partial charge in [-0.05, 0) is 17.7 Å². The van der Waals surface area contributed by atoms with Gasteiger partial charge in [-0.15, -0.1) is 0 Å². The number of aromatic nitrogens is 5. The van der Waals surface area contributed by atoms with E-state index in [0.717, 1.165) is 5.39 Å². The molecule has 0 spiro atoms. The Morgan fingerprint density at radius 3 is 2.78 bits per heavy atom. The summed E-state index contributed by atoms with van der Waals surface area (Å²) in [4.78, 5) is 30.0. The van der Waals surface area contributed by atoms with Crippen molar-refractivity contribution in [1.82, 2.24) is 24.3 Å². The van der Waals surface area contributed by atoms with Crippen molar-refractivity contribution in [2.45, 2.75) is 6.42 Å². The van der Waals surface area contributed by atoms with E-state index in [4.69, 9.17) is 5.11 Å². The fraction of sp³-hybridized carbons (Fsp3) is 0.0588. The van der Waals surface area contributed by atoms with Gasteiger partial charge in [0.15, 0.2) is 11.6 Å².